The lowest BCUT2D eigenvalue weighted by Crippen LogP contribution is -2.03. The molecule has 0 aliphatic rings. The fourth-order valence-corrected chi connectivity index (χ4v) is 2.52. The van der Waals surface area contributed by atoms with Gasteiger partial charge < -0.3 is 9.52 Å². The highest BCUT2D eigenvalue weighted by atomic mass is 32.2. The number of benzene rings is 1. The summed E-state index contributed by atoms with van der Waals surface area (Å²) < 4.78 is 4.81. The van der Waals surface area contributed by atoms with Crippen LogP contribution in [0.5, 0.6) is 5.75 Å². The van der Waals surface area contributed by atoms with E-state index in [9.17, 15) is 30.1 Å². The number of nitro groups is 2. The van der Waals surface area contributed by atoms with E-state index >= 15 is 0 Å². The lowest BCUT2D eigenvalue weighted by atomic mass is 10.3. The second-order valence-electron chi connectivity index (χ2n) is 4.13. The smallest absolute Gasteiger partial charge is 0.353 e. The second-order valence-corrected chi connectivity index (χ2v) is 5.18. The normalized spacial score (nSPS) is 10.4. The standard InChI is InChI=1S/C12H8N2O7S/c1-6-4-9(15)11(12(16)21-6)22-10-3-2-7(13(17)18)5-8(10)14(19)20/h2-5,15H,1H3. The zero-order chi connectivity index (χ0) is 16.4. The van der Waals surface area contributed by atoms with Crippen LogP contribution in [0.3, 0.4) is 0 Å². The summed E-state index contributed by atoms with van der Waals surface area (Å²) in [5.41, 5.74) is -1.84. The summed E-state index contributed by atoms with van der Waals surface area (Å²) in [6, 6.07) is 4.19. The summed E-state index contributed by atoms with van der Waals surface area (Å²) in [6.45, 7) is 1.46. The molecule has 1 N–H and O–H groups in total. The van der Waals surface area contributed by atoms with E-state index in [1.165, 1.54) is 13.0 Å². The van der Waals surface area contributed by atoms with Crippen molar-refractivity contribution in [1.82, 2.24) is 0 Å². The van der Waals surface area contributed by atoms with Gasteiger partial charge in [0.2, 0.25) is 0 Å². The molecule has 0 saturated heterocycles. The van der Waals surface area contributed by atoms with E-state index in [-0.39, 0.29) is 21.3 Å². The molecule has 22 heavy (non-hydrogen) atoms. The quantitative estimate of drug-likeness (QED) is 0.669. The molecule has 0 fully saturated rings. The van der Waals surface area contributed by atoms with Crippen LogP contribution in [0.2, 0.25) is 0 Å². The molecule has 1 aromatic heterocycles. The molecular weight excluding hydrogens is 316 g/mol. The zero-order valence-corrected chi connectivity index (χ0v) is 11.8. The van der Waals surface area contributed by atoms with Gasteiger partial charge in [-0.25, -0.2) is 4.79 Å². The Morgan fingerprint density at radius 2 is 1.86 bits per heavy atom. The lowest BCUT2D eigenvalue weighted by Gasteiger charge is -2.04. The van der Waals surface area contributed by atoms with Gasteiger partial charge in [0.05, 0.1) is 20.8 Å². The van der Waals surface area contributed by atoms with Crippen LogP contribution in [0.4, 0.5) is 11.4 Å². The van der Waals surface area contributed by atoms with E-state index in [1.54, 1.807) is 0 Å². The van der Waals surface area contributed by atoms with Crippen LogP contribution in [0.1, 0.15) is 5.76 Å². The Kier molecular flexibility index (Phi) is 4.13. The minimum absolute atomic E-state index is 0.0259. The number of hydrogen-bond donors (Lipinski definition) is 1. The highest BCUT2D eigenvalue weighted by Crippen LogP contribution is 2.38. The fourth-order valence-electron chi connectivity index (χ4n) is 1.64. The molecule has 9 nitrogen and oxygen atoms in total. The number of non-ortho nitro benzene ring substituents is 1. The SMILES string of the molecule is Cc1cc(O)c(Sc2ccc([N+](=O)[O-])cc2[N+](=O)[O-])c(=O)o1. The molecule has 0 unspecified atom stereocenters. The molecule has 1 aromatic carbocycles. The van der Waals surface area contributed by atoms with Gasteiger partial charge in [-0.2, -0.15) is 0 Å². The first-order valence-electron chi connectivity index (χ1n) is 5.74. The van der Waals surface area contributed by atoms with Gasteiger partial charge in [0.15, 0.2) is 0 Å². The second kappa shape index (κ2) is 5.85. The Morgan fingerprint density at radius 3 is 2.41 bits per heavy atom. The molecule has 0 amide bonds. The van der Waals surface area contributed by atoms with Gasteiger partial charge in [0.25, 0.3) is 11.4 Å². The van der Waals surface area contributed by atoms with Gasteiger partial charge in [-0.05, 0) is 13.0 Å². The number of nitro benzene ring substituents is 2. The molecule has 0 bridgehead atoms. The molecule has 10 heteroatoms. The Bertz CT molecular complexity index is 831. The van der Waals surface area contributed by atoms with Crippen molar-refractivity contribution in [2.24, 2.45) is 0 Å². The zero-order valence-electron chi connectivity index (χ0n) is 11.0. The topological polar surface area (TPSA) is 137 Å². The van der Waals surface area contributed by atoms with E-state index in [0.29, 0.717) is 11.8 Å². The van der Waals surface area contributed by atoms with Crippen LogP contribution in [0.25, 0.3) is 0 Å². The van der Waals surface area contributed by atoms with Gasteiger partial charge in [0.1, 0.15) is 16.4 Å². The highest BCUT2D eigenvalue weighted by molar-refractivity contribution is 7.99. The maximum atomic E-state index is 11.7. The number of nitrogens with zero attached hydrogens (tertiary/aromatic N) is 2. The van der Waals surface area contributed by atoms with Crippen molar-refractivity contribution < 1.29 is 19.4 Å². The maximum absolute atomic E-state index is 11.7. The summed E-state index contributed by atoms with van der Waals surface area (Å²) in [6.07, 6.45) is 0. The number of aryl methyl sites for hydroxylation is 1. The first kappa shape index (κ1) is 15.5. The minimum atomic E-state index is -0.852. The van der Waals surface area contributed by atoms with Crippen molar-refractivity contribution in [3.8, 4) is 5.75 Å². The summed E-state index contributed by atoms with van der Waals surface area (Å²) >= 11 is 0.604. The largest absolute Gasteiger partial charge is 0.506 e. The van der Waals surface area contributed by atoms with Crippen molar-refractivity contribution in [1.29, 1.82) is 0 Å². The molecule has 2 rings (SSSR count). The fraction of sp³-hybridized carbons (Fsp3) is 0.0833. The van der Waals surface area contributed by atoms with Crippen LogP contribution >= 0.6 is 11.8 Å². The molecule has 0 saturated carbocycles. The molecule has 2 aromatic rings. The predicted molar refractivity (Wildman–Crippen MR) is 75.3 cm³/mol. The Hall–Kier alpha value is -2.88. The molecule has 0 aliphatic heterocycles. The number of aromatic hydroxyl groups is 1. The van der Waals surface area contributed by atoms with E-state index < -0.39 is 26.8 Å². The van der Waals surface area contributed by atoms with Gasteiger partial charge in [-0.1, -0.05) is 11.8 Å². The molecule has 0 spiro atoms. The minimum Gasteiger partial charge on any atom is -0.506 e. The van der Waals surface area contributed by atoms with Gasteiger partial charge in [-0.3, -0.25) is 20.2 Å². The van der Waals surface area contributed by atoms with Crippen molar-refractivity contribution >= 4 is 23.1 Å². The van der Waals surface area contributed by atoms with Crippen molar-refractivity contribution in [2.45, 2.75) is 16.7 Å². The summed E-state index contributed by atoms with van der Waals surface area (Å²) in [4.78, 5) is 31.5. The van der Waals surface area contributed by atoms with Crippen LogP contribution < -0.4 is 5.63 Å². The third kappa shape index (κ3) is 3.06. The van der Waals surface area contributed by atoms with Crippen LogP contribution in [0.15, 0.2) is 43.3 Å². The van der Waals surface area contributed by atoms with Gasteiger partial charge in [0, 0.05) is 12.1 Å². The lowest BCUT2D eigenvalue weighted by molar-refractivity contribution is -0.396. The maximum Gasteiger partial charge on any atom is 0.353 e. The van der Waals surface area contributed by atoms with Gasteiger partial charge >= 0.3 is 5.63 Å². The molecule has 0 aliphatic carbocycles. The van der Waals surface area contributed by atoms with Crippen LogP contribution in [-0.2, 0) is 0 Å². The summed E-state index contributed by atoms with van der Waals surface area (Å²) in [5.74, 6) is -0.198. The summed E-state index contributed by atoms with van der Waals surface area (Å²) in [5, 5.41) is 31.4. The van der Waals surface area contributed by atoms with E-state index in [4.69, 9.17) is 4.42 Å². The Balaban J connectivity index is 2.53. The van der Waals surface area contributed by atoms with E-state index in [2.05, 4.69) is 0 Å². The van der Waals surface area contributed by atoms with Crippen molar-refractivity contribution in [3.05, 3.63) is 60.7 Å². The first-order chi connectivity index (χ1) is 10.3. The Labute approximate surface area is 126 Å². The van der Waals surface area contributed by atoms with Crippen LogP contribution in [-0.4, -0.2) is 15.0 Å². The highest BCUT2D eigenvalue weighted by Gasteiger charge is 2.22. The predicted octanol–water partition coefficient (Wildman–Crippen LogP) is 2.62. The van der Waals surface area contributed by atoms with Crippen LogP contribution in [0, 0.1) is 27.2 Å². The number of rotatable bonds is 4. The number of hydrogen-bond acceptors (Lipinski definition) is 8. The van der Waals surface area contributed by atoms with Crippen molar-refractivity contribution in [2.75, 3.05) is 0 Å². The summed E-state index contributed by atoms with van der Waals surface area (Å²) in [7, 11) is 0. The van der Waals surface area contributed by atoms with Crippen molar-refractivity contribution in [3.63, 3.8) is 0 Å². The third-order valence-electron chi connectivity index (χ3n) is 2.57. The molecule has 0 radical (unpaired) electrons. The molecule has 0 atom stereocenters. The molecular formula is C12H8N2O7S. The van der Waals surface area contributed by atoms with E-state index in [1.807, 2.05) is 0 Å². The average molecular weight is 324 g/mol. The molecule has 114 valence electrons. The first-order valence-corrected chi connectivity index (χ1v) is 6.55. The molecule has 1 heterocycles. The third-order valence-corrected chi connectivity index (χ3v) is 3.72. The monoisotopic (exact) mass is 324 g/mol. The van der Waals surface area contributed by atoms with E-state index in [0.717, 1.165) is 18.2 Å². The average Bonchev–Trinajstić information content (AvgIpc) is 2.42. The Morgan fingerprint density at radius 1 is 1.18 bits per heavy atom. The van der Waals surface area contributed by atoms with Gasteiger partial charge in [-0.15, -0.1) is 0 Å².